The third-order valence-corrected chi connectivity index (χ3v) is 5.55. The minimum Gasteiger partial charge on any atom is -0.387 e. The Morgan fingerprint density at radius 2 is 1.60 bits per heavy atom. The molecule has 4 nitrogen and oxygen atoms in total. The smallest absolute Gasteiger partial charge is 0.218 e. The van der Waals surface area contributed by atoms with Crippen molar-refractivity contribution in [3.8, 4) is 0 Å². The Bertz CT molecular complexity index is 323. The zero-order valence-electron chi connectivity index (χ0n) is 17.1. The molecule has 1 fully saturated rings. The molecule has 0 aromatic rings. The van der Waals surface area contributed by atoms with E-state index in [2.05, 4.69) is 27.7 Å². The second kappa shape index (κ2) is 13.1. The number of rotatable bonds is 15. The highest BCUT2D eigenvalue weighted by Gasteiger charge is 2.45. The van der Waals surface area contributed by atoms with Gasteiger partial charge in [0, 0.05) is 13.0 Å². The van der Waals surface area contributed by atoms with E-state index >= 15 is 0 Å². The van der Waals surface area contributed by atoms with Crippen LogP contribution in [0.15, 0.2) is 0 Å². The maximum Gasteiger partial charge on any atom is 0.218 e. The minimum absolute atomic E-state index is 0.334. The maximum absolute atomic E-state index is 10.4. The summed E-state index contributed by atoms with van der Waals surface area (Å²) in [6.07, 6.45) is 9.56. The quantitative estimate of drug-likeness (QED) is 0.451. The lowest BCUT2D eigenvalue weighted by Gasteiger charge is -2.33. The van der Waals surface area contributed by atoms with Gasteiger partial charge in [-0.25, -0.2) is 0 Å². The zero-order chi connectivity index (χ0) is 18.5. The monoisotopic (exact) mass is 358 g/mol. The predicted molar refractivity (Wildman–Crippen MR) is 103 cm³/mol. The van der Waals surface area contributed by atoms with E-state index in [4.69, 9.17) is 14.2 Å². The average Bonchev–Trinajstić information content (AvgIpc) is 2.99. The summed E-state index contributed by atoms with van der Waals surface area (Å²) in [5, 5.41) is 10.4. The number of hydrogen-bond acceptors (Lipinski definition) is 4. The molecule has 4 heteroatoms. The Labute approximate surface area is 155 Å². The molecule has 1 rings (SSSR count). The first kappa shape index (κ1) is 22.9. The van der Waals surface area contributed by atoms with Crippen LogP contribution in [0, 0.1) is 11.8 Å². The van der Waals surface area contributed by atoms with Crippen molar-refractivity contribution < 1.29 is 19.3 Å². The molecule has 150 valence electrons. The summed E-state index contributed by atoms with van der Waals surface area (Å²) < 4.78 is 18.0. The highest BCUT2D eigenvalue weighted by molar-refractivity contribution is 4.85. The molecule has 1 aliphatic heterocycles. The van der Waals surface area contributed by atoms with Gasteiger partial charge in [0.15, 0.2) is 0 Å². The summed E-state index contributed by atoms with van der Waals surface area (Å²) in [7, 11) is 0. The Morgan fingerprint density at radius 3 is 2.08 bits per heavy atom. The molecular formula is C21H42O4. The molecule has 0 saturated carbocycles. The standard InChI is InChI=1S/C21H42O4/c1-5-9-11-18(7-3)15-23-17-21(20(22)13-14-24-21)25-16-19(8-4)12-10-6-2/h18-20,22H,5-17H2,1-4H3/t18?,19?,20-,21-/m0/s1. The Balaban J connectivity index is 2.49. The first-order valence-corrected chi connectivity index (χ1v) is 10.6. The number of aliphatic hydroxyl groups excluding tert-OH is 1. The van der Waals surface area contributed by atoms with Crippen molar-refractivity contribution in [2.45, 2.75) is 97.4 Å². The molecule has 1 N–H and O–H groups in total. The zero-order valence-corrected chi connectivity index (χ0v) is 17.1. The van der Waals surface area contributed by atoms with Crippen LogP contribution in [0.4, 0.5) is 0 Å². The molecule has 25 heavy (non-hydrogen) atoms. The lowest BCUT2D eigenvalue weighted by molar-refractivity contribution is -0.274. The Hall–Kier alpha value is -0.160. The van der Waals surface area contributed by atoms with Crippen LogP contribution in [-0.4, -0.2) is 43.4 Å². The van der Waals surface area contributed by atoms with Crippen LogP contribution >= 0.6 is 0 Å². The van der Waals surface area contributed by atoms with Crippen LogP contribution in [0.2, 0.25) is 0 Å². The SMILES string of the molecule is CCCCC(CC)COC[C@@]1(OCC(CC)CCCC)OCC[C@@H]1O. The maximum atomic E-state index is 10.4. The second-order valence-corrected chi connectivity index (χ2v) is 7.62. The summed E-state index contributed by atoms with van der Waals surface area (Å²) in [6.45, 7) is 11.1. The van der Waals surface area contributed by atoms with Crippen molar-refractivity contribution in [3.63, 3.8) is 0 Å². The molecule has 0 amide bonds. The van der Waals surface area contributed by atoms with Gasteiger partial charge in [-0.05, 0) is 24.7 Å². The molecule has 0 aliphatic carbocycles. The summed E-state index contributed by atoms with van der Waals surface area (Å²) >= 11 is 0. The van der Waals surface area contributed by atoms with E-state index in [0.717, 1.165) is 19.4 Å². The van der Waals surface area contributed by atoms with Crippen molar-refractivity contribution in [1.29, 1.82) is 0 Å². The van der Waals surface area contributed by atoms with Crippen molar-refractivity contribution in [2.75, 3.05) is 26.4 Å². The van der Waals surface area contributed by atoms with Gasteiger partial charge < -0.3 is 19.3 Å². The number of ether oxygens (including phenoxy) is 3. The van der Waals surface area contributed by atoms with Gasteiger partial charge in [0.25, 0.3) is 0 Å². The normalized spacial score (nSPS) is 26.0. The molecule has 0 spiro atoms. The first-order valence-electron chi connectivity index (χ1n) is 10.6. The lowest BCUT2D eigenvalue weighted by atomic mass is 10.00. The van der Waals surface area contributed by atoms with E-state index in [1.165, 1.54) is 38.5 Å². The second-order valence-electron chi connectivity index (χ2n) is 7.62. The van der Waals surface area contributed by atoms with Crippen molar-refractivity contribution in [2.24, 2.45) is 11.8 Å². The van der Waals surface area contributed by atoms with Gasteiger partial charge in [0.2, 0.25) is 5.79 Å². The third-order valence-electron chi connectivity index (χ3n) is 5.55. The summed E-state index contributed by atoms with van der Waals surface area (Å²) in [6, 6.07) is 0. The van der Waals surface area contributed by atoms with Gasteiger partial charge in [-0.1, -0.05) is 66.2 Å². The molecular weight excluding hydrogens is 316 g/mol. The largest absolute Gasteiger partial charge is 0.387 e. The van der Waals surface area contributed by atoms with E-state index in [0.29, 0.717) is 38.1 Å². The molecule has 1 saturated heterocycles. The predicted octanol–water partition coefficient (Wildman–Crippen LogP) is 4.93. The van der Waals surface area contributed by atoms with Crippen LogP contribution in [0.1, 0.15) is 85.5 Å². The third kappa shape index (κ3) is 7.94. The molecule has 4 atom stereocenters. The fourth-order valence-electron chi connectivity index (χ4n) is 3.40. The van der Waals surface area contributed by atoms with Crippen molar-refractivity contribution >= 4 is 0 Å². The average molecular weight is 359 g/mol. The van der Waals surface area contributed by atoms with E-state index in [-0.39, 0.29) is 0 Å². The Morgan fingerprint density at radius 1 is 1.00 bits per heavy atom. The minimum atomic E-state index is -0.956. The van der Waals surface area contributed by atoms with Crippen molar-refractivity contribution in [3.05, 3.63) is 0 Å². The molecule has 0 radical (unpaired) electrons. The molecule has 0 aromatic heterocycles. The molecule has 1 aliphatic rings. The van der Waals surface area contributed by atoms with E-state index in [1.807, 2.05) is 0 Å². The molecule has 2 unspecified atom stereocenters. The number of unbranched alkanes of at least 4 members (excludes halogenated alkanes) is 2. The topological polar surface area (TPSA) is 47.9 Å². The van der Waals surface area contributed by atoms with Crippen LogP contribution in [0.3, 0.4) is 0 Å². The van der Waals surface area contributed by atoms with E-state index in [1.54, 1.807) is 0 Å². The molecule has 1 heterocycles. The first-order chi connectivity index (χ1) is 12.1. The molecule has 0 bridgehead atoms. The lowest BCUT2D eigenvalue weighted by Crippen LogP contribution is -2.47. The number of aliphatic hydroxyl groups is 1. The van der Waals surface area contributed by atoms with Gasteiger partial charge in [-0.15, -0.1) is 0 Å². The van der Waals surface area contributed by atoms with Crippen molar-refractivity contribution in [1.82, 2.24) is 0 Å². The van der Waals surface area contributed by atoms with Crippen LogP contribution in [-0.2, 0) is 14.2 Å². The fourth-order valence-corrected chi connectivity index (χ4v) is 3.40. The highest BCUT2D eigenvalue weighted by atomic mass is 16.7. The molecule has 0 aromatic carbocycles. The van der Waals surface area contributed by atoms with Gasteiger partial charge in [0.1, 0.15) is 12.7 Å². The number of hydrogen-bond donors (Lipinski definition) is 1. The summed E-state index contributed by atoms with van der Waals surface area (Å²) in [5.74, 6) is 0.160. The fraction of sp³-hybridized carbons (Fsp3) is 1.00. The summed E-state index contributed by atoms with van der Waals surface area (Å²) in [5.41, 5.74) is 0. The van der Waals surface area contributed by atoms with Gasteiger partial charge >= 0.3 is 0 Å². The van der Waals surface area contributed by atoms with E-state index in [9.17, 15) is 5.11 Å². The van der Waals surface area contributed by atoms with E-state index < -0.39 is 11.9 Å². The van der Waals surface area contributed by atoms with Crippen LogP contribution in [0.25, 0.3) is 0 Å². The van der Waals surface area contributed by atoms with Crippen LogP contribution < -0.4 is 0 Å². The van der Waals surface area contributed by atoms with Gasteiger partial charge in [-0.2, -0.15) is 0 Å². The van der Waals surface area contributed by atoms with Gasteiger partial charge in [-0.3, -0.25) is 0 Å². The van der Waals surface area contributed by atoms with Gasteiger partial charge in [0.05, 0.1) is 13.2 Å². The van der Waals surface area contributed by atoms with Crippen LogP contribution in [0.5, 0.6) is 0 Å². The Kier molecular flexibility index (Phi) is 12.0. The summed E-state index contributed by atoms with van der Waals surface area (Å²) in [4.78, 5) is 0. The highest BCUT2D eigenvalue weighted by Crippen LogP contribution is 2.30.